The fourth-order valence-electron chi connectivity index (χ4n) is 4.85. The van der Waals surface area contributed by atoms with Crippen LogP contribution in [-0.4, -0.2) is 16.6 Å². The second-order valence-corrected chi connectivity index (χ2v) is 9.88. The topological polar surface area (TPSA) is 68.2 Å². The maximum atomic E-state index is 14.0. The zero-order valence-corrected chi connectivity index (χ0v) is 23.0. The molecule has 0 saturated heterocycles. The van der Waals surface area contributed by atoms with Gasteiger partial charge in [-0.25, -0.2) is 4.39 Å². The number of amides is 1. The third kappa shape index (κ3) is 6.09. The first-order valence-corrected chi connectivity index (χ1v) is 13.0. The molecule has 1 heterocycles. The van der Waals surface area contributed by atoms with E-state index in [1.807, 2.05) is 37.3 Å². The predicted octanol–water partition coefficient (Wildman–Crippen LogP) is 7.33. The number of aryl methyl sites for hydroxylation is 2. The Morgan fingerprint density at radius 2 is 1.52 bits per heavy atom. The van der Waals surface area contributed by atoms with Gasteiger partial charge >= 0.3 is 6.15 Å². The highest BCUT2D eigenvalue weighted by atomic mass is 19.1. The zero-order chi connectivity index (χ0) is 28.8. The highest BCUT2D eigenvalue weighted by molar-refractivity contribution is 5.99. The molecule has 5 rings (SSSR count). The summed E-state index contributed by atoms with van der Waals surface area (Å²) in [5.41, 5.74) is 9.02. The Bertz CT molecular complexity index is 1680. The lowest BCUT2D eigenvalue weighted by Crippen LogP contribution is -2.26. The number of carbonyl (C=O) groups is 1. The summed E-state index contributed by atoms with van der Waals surface area (Å²) in [7, 11) is 0. The summed E-state index contributed by atoms with van der Waals surface area (Å²) in [5, 5.41) is 4.08. The Morgan fingerprint density at radius 3 is 2.17 bits per heavy atom. The molecule has 0 bridgehead atoms. The minimum atomic E-state index is -0.301. The number of fused-ring (bicyclic) bond motifs is 1. The van der Waals surface area contributed by atoms with Gasteiger partial charge in [0.15, 0.2) is 0 Å². The molecule has 0 unspecified atom stereocenters. The first-order chi connectivity index (χ1) is 19.2. The molecule has 6 heteroatoms. The molecule has 40 heavy (non-hydrogen) atoms. The van der Waals surface area contributed by atoms with Gasteiger partial charge in [-0.1, -0.05) is 66.7 Å². The van der Waals surface area contributed by atoms with Crippen LogP contribution >= 0.6 is 0 Å². The van der Waals surface area contributed by atoms with Gasteiger partial charge in [0.05, 0.1) is 6.04 Å². The van der Waals surface area contributed by atoms with E-state index in [0.29, 0.717) is 11.1 Å². The fourth-order valence-corrected chi connectivity index (χ4v) is 4.85. The third-order valence-corrected chi connectivity index (χ3v) is 7.35. The number of carbonyl (C=O) groups excluding carboxylic acids is 3. The van der Waals surface area contributed by atoms with Crippen LogP contribution in [0.15, 0.2) is 91.0 Å². The van der Waals surface area contributed by atoms with Crippen LogP contribution in [0, 0.1) is 26.6 Å². The molecule has 0 aliphatic heterocycles. The van der Waals surface area contributed by atoms with Crippen LogP contribution in [0.1, 0.15) is 51.3 Å². The minimum Gasteiger partial charge on any atom is -0.346 e. The summed E-state index contributed by atoms with van der Waals surface area (Å²) in [6, 6.07) is 29.7. The Morgan fingerprint density at radius 1 is 0.875 bits per heavy atom. The van der Waals surface area contributed by atoms with Crippen molar-refractivity contribution in [3.8, 4) is 11.1 Å². The van der Waals surface area contributed by atoms with E-state index in [9.17, 15) is 9.18 Å². The van der Waals surface area contributed by atoms with Crippen LogP contribution in [-0.2, 0) is 16.1 Å². The van der Waals surface area contributed by atoms with Crippen LogP contribution in [0.25, 0.3) is 22.0 Å². The van der Waals surface area contributed by atoms with Crippen LogP contribution in [0.4, 0.5) is 4.39 Å². The number of benzene rings is 4. The molecule has 5 aromatic rings. The number of hydrogen-bond acceptors (Lipinski definition) is 3. The van der Waals surface area contributed by atoms with Gasteiger partial charge in [-0.05, 0) is 85.3 Å². The summed E-state index contributed by atoms with van der Waals surface area (Å²) in [6.07, 6.45) is 0.250. The molecular formula is C34H31FN2O3. The van der Waals surface area contributed by atoms with E-state index in [0.717, 1.165) is 23.0 Å². The molecular weight excluding hydrogens is 503 g/mol. The van der Waals surface area contributed by atoms with Gasteiger partial charge in [-0.15, -0.1) is 0 Å². The molecule has 0 aliphatic carbocycles. The molecule has 0 fully saturated rings. The minimum absolute atomic E-state index is 0.170. The lowest BCUT2D eigenvalue weighted by Gasteiger charge is -2.15. The number of aromatic nitrogens is 1. The van der Waals surface area contributed by atoms with Crippen LogP contribution in [0.3, 0.4) is 0 Å². The molecule has 0 spiro atoms. The molecule has 4 aromatic carbocycles. The Labute approximate surface area is 233 Å². The van der Waals surface area contributed by atoms with E-state index in [2.05, 4.69) is 72.3 Å². The Balaban J connectivity index is 0.00000118. The highest BCUT2D eigenvalue weighted by Gasteiger charge is 2.17. The molecule has 1 amide bonds. The molecule has 1 N–H and O–H groups in total. The second-order valence-electron chi connectivity index (χ2n) is 9.88. The van der Waals surface area contributed by atoms with Crippen molar-refractivity contribution in [2.75, 3.05) is 0 Å². The Kier molecular flexibility index (Phi) is 8.73. The van der Waals surface area contributed by atoms with Gasteiger partial charge in [0, 0.05) is 28.7 Å². The van der Waals surface area contributed by atoms with E-state index in [1.54, 1.807) is 13.0 Å². The standard InChI is InChI=1S/C33H31FN2O.CO2/c1-21-10-13-28(19-31(21)34)23(3)35-33(37)29-16-17-32-30(18-29)22(2)24(4)36(32)20-25-11-14-27(15-12-25)26-8-6-5-7-9-26;2-1-3/h5-19,23H,20H2,1-4H3,(H,35,37);/t23-;/m0./s1. The maximum Gasteiger partial charge on any atom is 0.373 e. The maximum absolute atomic E-state index is 14.0. The van der Waals surface area contributed by atoms with Gasteiger partial charge in [0.2, 0.25) is 0 Å². The zero-order valence-electron chi connectivity index (χ0n) is 23.0. The van der Waals surface area contributed by atoms with Gasteiger partial charge < -0.3 is 9.88 Å². The first-order valence-electron chi connectivity index (χ1n) is 13.0. The summed E-state index contributed by atoms with van der Waals surface area (Å²) in [4.78, 5) is 29.3. The molecule has 202 valence electrons. The SMILES string of the molecule is Cc1ccc([C@H](C)NC(=O)c2ccc3c(c2)c(C)c(C)n3Cc2ccc(-c3ccccc3)cc2)cc1F.O=C=O. The van der Waals surface area contributed by atoms with Crippen molar-refractivity contribution >= 4 is 23.0 Å². The van der Waals surface area contributed by atoms with Crippen molar-refractivity contribution in [2.45, 2.75) is 40.3 Å². The van der Waals surface area contributed by atoms with Crippen molar-refractivity contribution in [1.29, 1.82) is 0 Å². The largest absolute Gasteiger partial charge is 0.373 e. The second kappa shape index (κ2) is 12.4. The van der Waals surface area contributed by atoms with Gasteiger partial charge in [0.1, 0.15) is 5.82 Å². The van der Waals surface area contributed by atoms with E-state index in [1.165, 1.54) is 34.0 Å². The summed E-state index contributed by atoms with van der Waals surface area (Å²) in [6.45, 7) is 8.59. The fraction of sp³-hybridized carbons (Fsp3) is 0.176. The predicted molar refractivity (Wildman–Crippen MR) is 154 cm³/mol. The van der Waals surface area contributed by atoms with Crippen molar-refractivity contribution in [2.24, 2.45) is 0 Å². The summed E-state index contributed by atoms with van der Waals surface area (Å²) in [5.74, 6) is -0.432. The lowest BCUT2D eigenvalue weighted by atomic mass is 10.0. The van der Waals surface area contributed by atoms with Crippen LogP contribution in [0.2, 0.25) is 0 Å². The van der Waals surface area contributed by atoms with E-state index >= 15 is 0 Å². The smallest absolute Gasteiger partial charge is 0.346 e. The Hall–Kier alpha value is -4.80. The van der Waals surface area contributed by atoms with Crippen molar-refractivity contribution < 1.29 is 18.8 Å². The quantitative estimate of drug-likeness (QED) is 0.248. The lowest BCUT2D eigenvalue weighted by molar-refractivity contribution is -0.191. The third-order valence-electron chi connectivity index (χ3n) is 7.35. The van der Waals surface area contributed by atoms with E-state index in [-0.39, 0.29) is 23.9 Å². The van der Waals surface area contributed by atoms with Gasteiger partial charge in [-0.3, -0.25) is 4.79 Å². The van der Waals surface area contributed by atoms with Crippen molar-refractivity contribution in [3.63, 3.8) is 0 Å². The van der Waals surface area contributed by atoms with Crippen molar-refractivity contribution in [1.82, 2.24) is 9.88 Å². The number of halogens is 1. The molecule has 0 aliphatic rings. The van der Waals surface area contributed by atoms with E-state index in [4.69, 9.17) is 9.59 Å². The number of nitrogens with zero attached hydrogens (tertiary/aromatic N) is 1. The molecule has 1 aromatic heterocycles. The average molecular weight is 535 g/mol. The molecule has 0 saturated carbocycles. The van der Waals surface area contributed by atoms with E-state index < -0.39 is 0 Å². The molecule has 0 radical (unpaired) electrons. The van der Waals surface area contributed by atoms with Gasteiger partial charge in [-0.2, -0.15) is 9.59 Å². The highest BCUT2D eigenvalue weighted by Crippen LogP contribution is 2.28. The number of nitrogens with one attached hydrogen (secondary N) is 1. The molecule has 1 atom stereocenters. The normalized spacial score (nSPS) is 11.3. The number of hydrogen-bond donors (Lipinski definition) is 1. The summed E-state index contributed by atoms with van der Waals surface area (Å²) < 4.78 is 16.3. The van der Waals surface area contributed by atoms with Crippen LogP contribution in [0.5, 0.6) is 0 Å². The van der Waals surface area contributed by atoms with Crippen molar-refractivity contribution in [3.05, 3.63) is 130 Å². The summed E-state index contributed by atoms with van der Waals surface area (Å²) >= 11 is 0. The molecule has 5 nitrogen and oxygen atoms in total. The monoisotopic (exact) mass is 534 g/mol. The van der Waals surface area contributed by atoms with Crippen LogP contribution < -0.4 is 5.32 Å². The average Bonchev–Trinajstić information content (AvgIpc) is 3.20. The number of rotatable bonds is 6. The first kappa shape index (κ1) is 28.2. The van der Waals surface area contributed by atoms with Gasteiger partial charge in [0.25, 0.3) is 5.91 Å².